The number of nitrogens with zero attached hydrogens (tertiary/aromatic N) is 3. The second-order valence-corrected chi connectivity index (χ2v) is 11.3. The molecular weight excluding hydrogens is 488 g/mol. The molecule has 0 saturated carbocycles. The molecule has 7 rings (SSSR count). The van der Waals surface area contributed by atoms with E-state index in [2.05, 4.69) is 87.9 Å². The van der Waals surface area contributed by atoms with E-state index in [0.29, 0.717) is 30.6 Å². The Morgan fingerprint density at radius 1 is 0.846 bits per heavy atom. The van der Waals surface area contributed by atoms with Gasteiger partial charge in [0, 0.05) is 50.2 Å². The lowest BCUT2D eigenvalue weighted by Gasteiger charge is -2.39. The van der Waals surface area contributed by atoms with Crippen molar-refractivity contribution in [3.8, 4) is 0 Å². The Kier molecular flexibility index (Phi) is 6.05. The van der Waals surface area contributed by atoms with Crippen LogP contribution in [0.25, 0.3) is 0 Å². The lowest BCUT2D eigenvalue weighted by Crippen LogP contribution is -2.52. The van der Waals surface area contributed by atoms with Gasteiger partial charge in [-0.1, -0.05) is 72.8 Å². The van der Waals surface area contributed by atoms with E-state index in [1.54, 1.807) is 4.90 Å². The van der Waals surface area contributed by atoms with Crippen LogP contribution < -0.4 is 5.32 Å². The van der Waals surface area contributed by atoms with Crippen LogP contribution in [0, 0.1) is 0 Å². The van der Waals surface area contributed by atoms with Gasteiger partial charge in [0.15, 0.2) is 0 Å². The van der Waals surface area contributed by atoms with Crippen molar-refractivity contribution in [1.82, 2.24) is 20.0 Å². The van der Waals surface area contributed by atoms with Gasteiger partial charge >= 0.3 is 0 Å². The van der Waals surface area contributed by atoms with Gasteiger partial charge in [-0.15, -0.1) is 0 Å². The molecule has 2 bridgehead atoms. The highest BCUT2D eigenvalue weighted by atomic mass is 16.2. The van der Waals surface area contributed by atoms with Crippen LogP contribution in [0.2, 0.25) is 0 Å². The minimum Gasteiger partial charge on any atom is -0.322 e. The summed E-state index contributed by atoms with van der Waals surface area (Å²) in [6.45, 7) is 3.34. The molecule has 3 fully saturated rings. The number of piperidine rings is 1. The summed E-state index contributed by atoms with van der Waals surface area (Å²) in [5.41, 5.74) is 5.53. The zero-order chi connectivity index (χ0) is 26.5. The number of carbonyl (C=O) groups is 3. The smallest absolute Gasteiger partial charge is 0.255 e. The summed E-state index contributed by atoms with van der Waals surface area (Å²) in [5.74, 6) is -0.746. The molecule has 3 saturated heterocycles. The van der Waals surface area contributed by atoms with Gasteiger partial charge in [-0.2, -0.15) is 0 Å². The Morgan fingerprint density at radius 3 is 2.21 bits per heavy atom. The van der Waals surface area contributed by atoms with Gasteiger partial charge in [-0.3, -0.25) is 29.5 Å². The number of nitrogens with one attached hydrogen (secondary N) is 1. The van der Waals surface area contributed by atoms with Crippen LogP contribution in [-0.2, 0) is 22.7 Å². The Bertz CT molecular complexity index is 1390. The molecule has 7 nitrogen and oxygen atoms in total. The van der Waals surface area contributed by atoms with Crippen molar-refractivity contribution in [2.45, 2.75) is 56.5 Å². The van der Waals surface area contributed by atoms with Crippen LogP contribution in [0.1, 0.15) is 57.9 Å². The third-order valence-electron chi connectivity index (χ3n) is 8.93. The normalized spacial score (nSPS) is 25.0. The summed E-state index contributed by atoms with van der Waals surface area (Å²) in [7, 11) is 0. The monoisotopic (exact) mass is 520 g/mol. The molecule has 3 atom stereocenters. The highest BCUT2D eigenvalue weighted by Gasteiger charge is 2.46. The van der Waals surface area contributed by atoms with Crippen LogP contribution in [0.15, 0.2) is 78.9 Å². The number of imide groups is 1. The summed E-state index contributed by atoms with van der Waals surface area (Å²) < 4.78 is 0. The number of piperazine rings is 1. The summed E-state index contributed by atoms with van der Waals surface area (Å²) in [5, 5.41) is 2.38. The maximum absolute atomic E-state index is 13.1. The Balaban J connectivity index is 1.05. The third kappa shape index (κ3) is 4.36. The number of fused-ring (bicyclic) bond motifs is 3. The lowest BCUT2D eigenvalue weighted by molar-refractivity contribution is -0.136. The SMILES string of the molecule is O=C1CCC(N2Cc3cc(CN4C[C@@H]5C[C@H]4CN5C(c4ccccc4)c4ccccc4)ccc3C2=O)C(=O)N1. The highest BCUT2D eigenvalue weighted by Crippen LogP contribution is 2.40. The summed E-state index contributed by atoms with van der Waals surface area (Å²) in [6, 6.07) is 28.4. The third-order valence-corrected chi connectivity index (χ3v) is 8.93. The molecule has 1 unspecified atom stereocenters. The molecule has 7 heteroatoms. The van der Waals surface area contributed by atoms with Crippen molar-refractivity contribution in [3.63, 3.8) is 0 Å². The quantitative estimate of drug-likeness (QED) is 0.504. The van der Waals surface area contributed by atoms with E-state index < -0.39 is 6.04 Å². The van der Waals surface area contributed by atoms with Crippen molar-refractivity contribution in [2.24, 2.45) is 0 Å². The molecule has 1 N–H and O–H groups in total. The standard InChI is InChI=1S/C32H32N4O3/c37-29-14-13-28(31(38)33-29)36-18-24-15-21(11-12-27(24)32(36)39)17-34-19-26-16-25(34)20-35(26)30(22-7-3-1-4-8-22)23-9-5-2-6-10-23/h1-12,15,25-26,28,30H,13-14,16-20H2,(H,33,37,38)/t25-,26-,28?/m0/s1. The molecule has 3 amide bonds. The number of amides is 3. The Morgan fingerprint density at radius 2 is 1.56 bits per heavy atom. The van der Waals surface area contributed by atoms with E-state index in [1.807, 2.05) is 6.07 Å². The van der Waals surface area contributed by atoms with E-state index in [4.69, 9.17) is 0 Å². The summed E-state index contributed by atoms with van der Waals surface area (Å²) >= 11 is 0. The minimum atomic E-state index is -0.575. The van der Waals surface area contributed by atoms with Gasteiger partial charge < -0.3 is 4.90 Å². The minimum absolute atomic E-state index is 0.116. The lowest BCUT2D eigenvalue weighted by atomic mass is 9.96. The Labute approximate surface area is 228 Å². The fourth-order valence-electron chi connectivity index (χ4n) is 7.10. The fraction of sp³-hybridized carbons (Fsp3) is 0.344. The first kappa shape index (κ1) is 24.2. The van der Waals surface area contributed by atoms with Crippen molar-refractivity contribution >= 4 is 17.7 Å². The summed E-state index contributed by atoms with van der Waals surface area (Å²) in [6.07, 6.45) is 1.83. The van der Waals surface area contributed by atoms with Crippen LogP contribution in [0.5, 0.6) is 0 Å². The molecule has 3 aromatic carbocycles. The number of hydrogen-bond acceptors (Lipinski definition) is 5. The first-order valence-corrected chi connectivity index (χ1v) is 13.9. The molecule has 0 radical (unpaired) electrons. The molecule has 198 valence electrons. The van der Waals surface area contributed by atoms with Crippen LogP contribution >= 0.6 is 0 Å². The topological polar surface area (TPSA) is 73.0 Å². The second-order valence-electron chi connectivity index (χ2n) is 11.3. The predicted octanol–water partition coefficient (Wildman–Crippen LogP) is 3.50. The number of benzene rings is 3. The molecule has 39 heavy (non-hydrogen) atoms. The number of carbonyl (C=O) groups excluding carboxylic acids is 3. The van der Waals surface area contributed by atoms with Gasteiger partial charge in [-0.25, -0.2) is 0 Å². The largest absolute Gasteiger partial charge is 0.322 e. The molecule has 4 aliphatic heterocycles. The first-order valence-electron chi connectivity index (χ1n) is 13.9. The van der Waals surface area contributed by atoms with Crippen LogP contribution in [-0.4, -0.2) is 63.6 Å². The fourth-order valence-corrected chi connectivity index (χ4v) is 7.10. The first-order chi connectivity index (χ1) is 19.0. The Hall–Kier alpha value is -3.81. The molecule has 4 heterocycles. The van der Waals surface area contributed by atoms with E-state index in [-0.39, 0.29) is 30.2 Å². The second kappa shape index (κ2) is 9.74. The van der Waals surface area contributed by atoms with E-state index in [1.165, 1.54) is 23.1 Å². The predicted molar refractivity (Wildman–Crippen MR) is 147 cm³/mol. The molecule has 0 spiro atoms. The molecule has 3 aromatic rings. The molecular formula is C32H32N4O3. The van der Waals surface area contributed by atoms with E-state index in [9.17, 15) is 14.4 Å². The zero-order valence-corrected chi connectivity index (χ0v) is 21.8. The van der Waals surface area contributed by atoms with Gasteiger partial charge in [0.2, 0.25) is 11.8 Å². The van der Waals surface area contributed by atoms with E-state index >= 15 is 0 Å². The zero-order valence-electron chi connectivity index (χ0n) is 21.8. The van der Waals surface area contributed by atoms with Gasteiger partial charge in [-0.05, 0) is 41.2 Å². The number of hydrogen-bond donors (Lipinski definition) is 1. The maximum Gasteiger partial charge on any atom is 0.255 e. The average Bonchev–Trinajstić information content (AvgIpc) is 3.63. The summed E-state index contributed by atoms with van der Waals surface area (Å²) in [4.78, 5) is 43.9. The van der Waals surface area contributed by atoms with E-state index in [0.717, 1.165) is 25.2 Å². The molecule has 0 aromatic heterocycles. The maximum atomic E-state index is 13.1. The van der Waals surface area contributed by atoms with Gasteiger partial charge in [0.25, 0.3) is 5.91 Å². The van der Waals surface area contributed by atoms with Crippen molar-refractivity contribution in [2.75, 3.05) is 13.1 Å². The molecule has 4 aliphatic rings. The number of rotatable bonds is 6. The van der Waals surface area contributed by atoms with Crippen molar-refractivity contribution in [1.29, 1.82) is 0 Å². The van der Waals surface area contributed by atoms with Crippen molar-refractivity contribution < 1.29 is 14.4 Å². The number of likely N-dealkylation sites (tertiary alicyclic amines) is 2. The van der Waals surface area contributed by atoms with Crippen LogP contribution in [0.4, 0.5) is 0 Å². The van der Waals surface area contributed by atoms with Crippen molar-refractivity contribution in [3.05, 3.63) is 107 Å². The molecule has 0 aliphatic carbocycles. The average molecular weight is 521 g/mol. The van der Waals surface area contributed by atoms with Gasteiger partial charge in [0.1, 0.15) is 6.04 Å². The van der Waals surface area contributed by atoms with Gasteiger partial charge in [0.05, 0.1) is 6.04 Å². The van der Waals surface area contributed by atoms with Crippen LogP contribution in [0.3, 0.4) is 0 Å². The highest BCUT2D eigenvalue weighted by molar-refractivity contribution is 6.05.